The third-order valence-corrected chi connectivity index (χ3v) is 8.44. The molecule has 7 heteroatoms. The molecule has 3 atom stereocenters. The highest BCUT2D eigenvalue weighted by molar-refractivity contribution is 5.92. The number of aromatic nitrogens is 1. The lowest BCUT2D eigenvalue weighted by Gasteiger charge is -2.44. The second kappa shape index (κ2) is 10.1. The Bertz CT molecular complexity index is 1350. The number of primary amides is 1. The Morgan fingerprint density at radius 2 is 1.92 bits per heavy atom. The number of aromatic hydroxyl groups is 1. The van der Waals surface area contributed by atoms with Gasteiger partial charge in [0, 0.05) is 36.8 Å². The standard InChI is InChI=1S/C30H35N3O4/c1-19-7-8-23(35)14-25(19)30(16-26-21(10-12-34)13-24(28(31)36)29(37)32-26)15-22-18-33(27(22)17-30)11-9-20-5-3-2-4-6-20/h2-8,13-14,22,27,34-35H,9-12,15-18H2,1H3,(H2,31,36)(H,32,37). The number of fused-ring (bicyclic) bond motifs is 1. The molecule has 2 aromatic carbocycles. The fourth-order valence-electron chi connectivity index (χ4n) is 6.65. The molecule has 7 nitrogen and oxygen atoms in total. The Morgan fingerprint density at radius 3 is 2.65 bits per heavy atom. The van der Waals surface area contributed by atoms with Gasteiger partial charge in [0.15, 0.2) is 0 Å². The van der Waals surface area contributed by atoms with Crippen LogP contribution in [0.3, 0.4) is 0 Å². The van der Waals surface area contributed by atoms with Gasteiger partial charge in [0.05, 0.1) is 0 Å². The van der Waals surface area contributed by atoms with Crippen LogP contribution in [-0.2, 0) is 24.7 Å². The van der Waals surface area contributed by atoms with Crippen molar-refractivity contribution in [3.05, 3.63) is 98.5 Å². The van der Waals surface area contributed by atoms with Crippen LogP contribution in [0.25, 0.3) is 0 Å². The maximum atomic E-state index is 12.7. The van der Waals surface area contributed by atoms with Gasteiger partial charge < -0.3 is 20.9 Å². The molecule has 1 saturated heterocycles. The first-order chi connectivity index (χ1) is 17.8. The van der Waals surface area contributed by atoms with E-state index in [1.54, 1.807) is 6.07 Å². The lowest BCUT2D eigenvalue weighted by molar-refractivity contribution is 0.0397. The van der Waals surface area contributed by atoms with Gasteiger partial charge in [-0.1, -0.05) is 36.4 Å². The van der Waals surface area contributed by atoms with Crippen molar-refractivity contribution in [1.82, 2.24) is 9.88 Å². The van der Waals surface area contributed by atoms with Gasteiger partial charge >= 0.3 is 0 Å². The molecular formula is C30H35N3O4. The highest BCUT2D eigenvalue weighted by Crippen LogP contribution is 2.53. The van der Waals surface area contributed by atoms with Crippen molar-refractivity contribution in [3.63, 3.8) is 0 Å². The molecule has 1 aliphatic carbocycles. The molecule has 2 heterocycles. The number of nitrogens with two attached hydrogens (primary N) is 1. The monoisotopic (exact) mass is 501 g/mol. The molecule has 3 unspecified atom stereocenters. The summed E-state index contributed by atoms with van der Waals surface area (Å²) in [5.74, 6) is -0.0118. The van der Waals surface area contributed by atoms with Crippen LogP contribution in [0.5, 0.6) is 5.75 Å². The van der Waals surface area contributed by atoms with Crippen molar-refractivity contribution in [3.8, 4) is 5.75 Å². The predicted octanol–water partition coefficient (Wildman–Crippen LogP) is 2.84. The Hall–Kier alpha value is -3.42. The van der Waals surface area contributed by atoms with Crippen molar-refractivity contribution >= 4 is 5.91 Å². The topological polar surface area (TPSA) is 120 Å². The average Bonchev–Trinajstić information content (AvgIpc) is 3.15. The zero-order chi connectivity index (χ0) is 26.2. The fraction of sp³-hybridized carbons (Fsp3) is 0.400. The molecule has 1 amide bonds. The summed E-state index contributed by atoms with van der Waals surface area (Å²) in [6, 6.07) is 18.0. The van der Waals surface area contributed by atoms with E-state index in [-0.39, 0.29) is 23.3 Å². The van der Waals surface area contributed by atoms with E-state index in [9.17, 15) is 19.8 Å². The van der Waals surface area contributed by atoms with Gasteiger partial charge in [-0.15, -0.1) is 0 Å². The number of nitrogens with one attached hydrogen (secondary N) is 1. The van der Waals surface area contributed by atoms with E-state index in [0.717, 1.165) is 54.7 Å². The number of hydrogen-bond acceptors (Lipinski definition) is 5. The van der Waals surface area contributed by atoms with E-state index in [2.05, 4.69) is 41.1 Å². The Morgan fingerprint density at radius 1 is 1.14 bits per heavy atom. The number of aryl methyl sites for hydroxylation is 1. The molecule has 1 aromatic heterocycles. The lowest BCUT2D eigenvalue weighted by atomic mass is 9.72. The van der Waals surface area contributed by atoms with Crippen molar-refractivity contribution in [2.75, 3.05) is 19.7 Å². The number of benzene rings is 2. The summed E-state index contributed by atoms with van der Waals surface area (Å²) in [6.45, 7) is 4.00. The van der Waals surface area contributed by atoms with Gasteiger partial charge in [0.1, 0.15) is 11.3 Å². The van der Waals surface area contributed by atoms with E-state index >= 15 is 0 Å². The van der Waals surface area contributed by atoms with Gasteiger partial charge in [-0.2, -0.15) is 0 Å². The summed E-state index contributed by atoms with van der Waals surface area (Å²) < 4.78 is 0. The van der Waals surface area contributed by atoms with Gasteiger partial charge in [-0.3, -0.25) is 14.5 Å². The number of H-pyrrole nitrogens is 1. The third kappa shape index (κ3) is 4.93. The Kier molecular flexibility index (Phi) is 6.92. The second-order valence-electron chi connectivity index (χ2n) is 10.8. The number of carbonyl (C=O) groups excluding carboxylic acids is 1. The number of rotatable bonds is 9. The largest absolute Gasteiger partial charge is 0.508 e. The first-order valence-electron chi connectivity index (χ1n) is 13.0. The zero-order valence-corrected chi connectivity index (χ0v) is 21.2. The quantitative estimate of drug-likeness (QED) is 0.359. The van der Waals surface area contributed by atoms with Crippen molar-refractivity contribution in [1.29, 1.82) is 0 Å². The number of nitrogens with zero attached hydrogens (tertiary/aromatic N) is 1. The highest BCUT2D eigenvalue weighted by atomic mass is 16.3. The van der Waals surface area contributed by atoms with Crippen LogP contribution in [-0.4, -0.2) is 51.7 Å². The fourth-order valence-corrected chi connectivity index (χ4v) is 6.65. The number of amides is 1. The summed E-state index contributed by atoms with van der Waals surface area (Å²) >= 11 is 0. The van der Waals surface area contributed by atoms with Crippen molar-refractivity contribution in [2.24, 2.45) is 11.7 Å². The summed E-state index contributed by atoms with van der Waals surface area (Å²) in [4.78, 5) is 30.0. The van der Waals surface area contributed by atoms with Crippen molar-refractivity contribution in [2.45, 2.75) is 50.5 Å². The molecule has 0 spiro atoms. The SMILES string of the molecule is Cc1ccc(O)cc1C1(Cc2[nH]c(=O)c(C(N)=O)cc2CCO)CC2CN(CCc3ccccc3)C2C1. The number of phenolic OH excluding ortho intramolecular Hbond substituents is 1. The average molecular weight is 502 g/mol. The number of aliphatic hydroxyl groups excluding tert-OH is 1. The molecule has 37 heavy (non-hydrogen) atoms. The van der Waals surface area contributed by atoms with Crippen LogP contribution >= 0.6 is 0 Å². The Balaban J connectivity index is 1.48. The summed E-state index contributed by atoms with van der Waals surface area (Å²) in [5, 5.41) is 20.1. The van der Waals surface area contributed by atoms with Gasteiger partial charge in [0.25, 0.3) is 11.5 Å². The number of pyridine rings is 1. The smallest absolute Gasteiger partial charge is 0.261 e. The predicted molar refractivity (Wildman–Crippen MR) is 143 cm³/mol. The molecule has 2 aliphatic rings. The molecule has 2 fully saturated rings. The maximum absolute atomic E-state index is 12.7. The lowest BCUT2D eigenvalue weighted by Crippen LogP contribution is -2.53. The van der Waals surface area contributed by atoms with E-state index in [0.29, 0.717) is 24.8 Å². The summed E-state index contributed by atoms with van der Waals surface area (Å²) in [7, 11) is 0. The minimum Gasteiger partial charge on any atom is -0.508 e. The molecule has 5 N–H and O–H groups in total. The van der Waals surface area contributed by atoms with Crippen LogP contribution < -0.4 is 11.3 Å². The number of hydrogen-bond donors (Lipinski definition) is 4. The number of likely N-dealkylation sites (tertiary alicyclic amines) is 1. The molecule has 5 rings (SSSR count). The molecule has 1 aliphatic heterocycles. The van der Waals surface area contributed by atoms with Crippen LogP contribution in [0.4, 0.5) is 0 Å². The van der Waals surface area contributed by atoms with E-state index in [1.165, 1.54) is 11.6 Å². The minimum absolute atomic E-state index is 0.0895. The van der Waals surface area contributed by atoms with E-state index < -0.39 is 11.5 Å². The summed E-state index contributed by atoms with van der Waals surface area (Å²) in [6.07, 6.45) is 3.74. The second-order valence-corrected chi connectivity index (χ2v) is 10.8. The number of phenols is 1. The number of carbonyl (C=O) groups is 1. The van der Waals surface area contributed by atoms with E-state index in [4.69, 9.17) is 5.73 Å². The van der Waals surface area contributed by atoms with Gasteiger partial charge in [0.2, 0.25) is 0 Å². The normalized spacial score (nSPS) is 23.0. The first-order valence-corrected chi connectivity index (χ1v) is 13.0. The number of aromatic amines is 1. The Labute approximate surface area is 217 Å². The summed E-state index contributed by atoms with van der Waals surface area (Å²) in [5.41, 5.74) is 9.53. The van der Waals surface area contributed by atoms with E-state index in [1.807, 2.05) is 18.2 Å². The molecule has 0 radical (unpaired) electrons. The van der Waals surface area contributed by atoms with Gasteiger partial charge in [-0.25, -0.2) is 0 Å². The van der Waals surface area contributed by atoms with Crippen LogP contribution in [0.15, 0.2) is 59.4 Å². The van der Waals surface area contributed by atoms with Crippen LogP contribution in [0.2, 0.25) is 0 Å². The highest BCUT2D eigenvalue weighted by Gasteiger charge is 2.54. The number of aliphatic hydroxyl groups is 1. The zero-order valence-electron chi connectivity index (χ0n) is 21.2. The van der Waals surface area contributed by atoms with Crippen LogP contribution in [0.1, 0.15) is 51.1 Å². The molecule has 0 bridgehead atoms. The molecule has 194 valence electrons. The molecular weight excluding hydrogens is 466 g/mol. The molecule has 1 saturated carbocycles. The van der Waals surface area contributed by atoms with Gasteiger partial charge in [-0.05, 0) is 85.4 Å². The minimum atomic E-state index is -0.779. The third-order valence-electron chi connectivity index (χ3n) is 8.44. The molecule has 3 aromatic rings. The first kappa shape index (κ1) is 25.2. The van der Waals surface area contributed by atoms with Crippen LogP contribution in [0, 0.1) is 12.8 Å². The van der Waals surface area contributed by atoms with Crippen molar-refractivity contribution < 1.29 is 15.0 Å². The maximum Gasteiger partial charge on any atom is 0.261 e.